The molecule has 1 heterocycles. The van der Waals surface area contributed by atoms with Gasteiger partial charge in [-0.05, 0) is 66.8 Å². The van der Waals surface area contributed by atoms with Crippen LogP contribution in [-0.4, -0.2) is 5.11 Å². The second-order valence-corrected chi connectivity index (χ2v) is 6.77. The van der Waals surface area contributed by atoms with Crippen molar-refractivity contribution in [2.24, 2.45) is 0 Å². The van der Waals surface area contributed by atoms with Crippen molar-refractivity contribution < 1.29 is 9.52 Å². The van der Waals surface area contributed by atoms with Gasteiger partial charge in [-0.25, -0.2) is 0 Å². The number of fused-ring (bicyclic) bond motifs is 2. The largest absolute Gasteiger partial charge is 0.456 e. The molecule has 0 amide bonds. The highest BCUT2D eigenvalue weighted by Gasteiger charge is 2.21. The number of hydrogen-bond acceptors (Lipinski definition) is 3. The van der Waals surface area contributed by atoms with Crippen molar-refractivity contribution in [1.29, 1.82) is 0 Å². The summed E-state index contributed by atoms with van der Waals surface area (Å²) in [6, 6.07) is 14.9. The molecule has 0 aromatic heterocycles. The van der Waals surface area contributed by atoms with Crippen LogP contribution < -0.4 is 5.43 Å². The van der Waals surface area contributed by atoms with E-state index in [-0.39, 0.29) is 12.0 Å². The van der Waals surface area contributed by atoms with E-state index in [2.05, 4.69) is 19.9 Å². The van der Waals surface area contributed by atoms with Crippen LogP contribution in [0.5, 0.6) is 0 Å². The summed E-state index contributed by atoms with van der Waals surface area (Å²) in [5, 5.41) is 10.8. The smallest absolute Gasteiger partial charge is 0.182 e. The molecule has 130 valence electrons. The number of benzene rings is 3. The van der Waals surface area contributed by atoms with Crippen molar-refractivity contribution in [3.8, 4) is 22.5 Å². The summed E-state index contributed by atoms with van der Waals surface area (Å²) in [4.78, 5) is 11.9. The Hall–Kier alpha value is -2.91. The molecule has 2 aliphatic rings. The Morgan fingerprint density at radius 1 is 0.923 bits per heavy atom. The number of aliphatic hydroxyl groups is 1. The molecule has 3 heteroatoms. The Bertz CT molecular complexity index is 1170. The monoisotopic (exact) mass is 344 g/mol. The Morgan fingerprint density at radius 3 is 2.46 bits per heavy atom. The highest BCUT2D eigenvalue weighted by molar-refractivity contribution is 6.04. The van der Waals surface area contributed by atoms with Crippen LogP contribution in [0.3, 0.4) is 0 Å². The quantitative estimate of drug-likeness (QED) is 0.522. The molecule has 0 spiro atoms. The van der Waals surface area contributed by atoms with Crippen molar-refractivity contribution >= 4 is 11.0 Å². The molecule has 0 atom stereocenters. The van der Waals surface area contributed by atoms with Gasteiger partial charge in [-0.1, -0.05) is 24.3 Å². The fourth-order valence-electron chi connectivity index (χ4n) is 3.62. The maximum Gasteiger partial charge on any atom is 0.182 e. The van der Waals surface area contributed by atoms with Gasteiger partial charge in [-0.15, -0.1) is 0 Å². The van der Waals surface area contributed by atoms with Gasteiger partial charge < -0.3 is 9.52 Å². The molecular formula is C23H20O3. The average Bonchev–Trinajstić information content (AvgIpc) is 2.65. The van der Waals surface area contributed by atoms with Gasteiger partial charge >= 0.3 is 0 Å². The minimum Gasteiger partial charge on any atom is -0.456 e. The molecule has 1 aliphatic heterocycles. The minimum absolute atomic E-state index is 0.0470. The van der Waals surface area contributed by atoms with E-state index in [0.717, 1.165) is 38.8 Å². The first-order chi connectivity index (χ1) is 12.5. The van der Waals surface area contributed by atoms with Crippen LogP contribution in [0.4, 0.5) is 0 Å². The van der Waals surface area contributed by atoms with Crippen LogP contribution in [0.2, 0.25) is 0 Å². The molecule has 2 aromatic carbocycles. The summed E-state index contributed by atoms with van der Waals surface area (Å²) in [6.07, 6.45) is 0. The third kappa shape index (κ3) is 2.44. The summed E-state index contributed by atoms with van der Waals surface area (Å²) >= 11 is 0. The highest BCUT2D eigenvalue weighted by Crippen LogP contribution is 2.42. The highest BCUT2D eigenvalue weighted by atomic mass is 16.3. The Morgan fingerprint density at radius 2 is 1.69 bits per heavy atom. The van der Waals surface area contributed by atoms with Crippen LogP contribution in [-0.2, 0) is 6.61 Å². The van der Waals surface area contributed by atoms with Crippen LogP contribution in [0, 0.1) is 20.8 Å². The average molecular weight is 344 g/mol. The van der Waals surface area contributed by atoms with Crippen molar-refractivity contribution in [2.75, 3.05) is 0 Å². The lowest BCUT2D eigenvalue weighted by Gasteiger charge is -2.19. The fraction of sp³-hybridized carbons (Fsp3) is 0.174. The van der Waals surface area contributed by atoms with E-state index < -0.39 is 0 Å². The zero-order valence-electron chi connectivity index (χ0n) is 15.1. The molecule has 0 saturated heterocycles. The summed E-state index contributed by atoms with van der Waals surface area (Å²) in [5.41, 5.74) is 7.83. The molecule has 0 saturated carbocycles. The van der Waals surface area contributed by atoms with E-state index in [1.165, 1.54) is 17.2 Å². The normalized spacial score (nSPS) is 11.4. The first kappa shape index (κ1) is 16.6. The van der Waals surface area contributed by atoms with Gasteiger partial charge in [0.25, 0.3) is 0 Å². The summed E-state index contributed by atoms with van der Waals surface area (Å²) in [5.74, 6) is 0.569. The Labute approximate surface area is 151 Å². The van der Waals surface area contributed by atoms with E-state index in [0.29, 0.717) is 5.76 Å². The van der Waals surface area contributed by atoms with Crippen LogP contribution >= 0.6 is 0 Å². The lowest BCUT2D eigenvalue weighted by atomic mass is 9.88. The van der Waals surface area contributed by atoms with Gasteiger partial charge in [0.2, 0.25) is 0 Å². The molecule has 0 unspecified atom stereocenters. The summed E-state index contributed by atoms with van der Waals surface area (Å²) in [7, 11) is 0. The second kappa shape index (κ2) is 6.11. The number of hydrogen-bond donors (Lipinski definition) is 1. The number of aryl methyl sites for hydroxylation is 2. The zero-order chi connectivity index (χ0) is 18.4. The molecule has 3 nitrogen and oxygen atoms in total. The minimum atomic E-state index is -0.0801. The van der Waals surface area contributed by atoms with Crippen LogP contribution in [0.25, 0.3) is 33.4 Å². The van der Waals surface area contributed by atoms with E-state index in [1.54, 1.807) is 6.07 Å². The lowest BCUT2D eigenvalue weighted by Crippen LogP contribution is -2.02. The fourth-order valence-corrected chi connectivity index (χ4v) is 3.62. The van der Waals surface area contributed by atoms with Crippen LogP contribution in [0.1, 0.15) is 22.3 Å². The van der Waals surface area contributed by atoms with Crippen molar-refractivity contribution in [3.63, 3.8) is 0 Å². The van der Waals surface area contributed by atoms with Crippen molar-refractivity contribution in [1.82, 2.24) is 0 Å². The number of aliphatic hydroxyl groups excluding tert-OH is 1. The van der Waals surface area contributed by atoms with Gasteiger partial charge in [-0.2, -0.15) is 0 Å². The van der Waals surface area contributed by atoms with E-state index in [1.807, 2.05) is 37.3 Å². The van der Waals surface area contributed by atoms with Gasteiger partial charge in [0.1, 0.15) is 11.3 Å². The SMILES string of the molecule is Cc1cc2c(-c3ccccc3CO)c3ccc(=O)cc-3oc2c(C)c1C. The predicted octanol–water partition coefficient (Wildman–Crippen LogP) is 4.98. The second-order valence-electron chi connectivity index (χ2n) is 6.77. The molecule has 2 aromatic rings. The molecule has 1 aliphatic carbocycles. The van der Waals surface area contributed by atoms with Crippen LogP contribution in [0.15, 0.2) is 57.7 Å². The predicted molar refractivity (Wildman–Crippen MR) is 105 cm³/mol. The Kier molecular flexibility index (Phi) is 3.89. The Balaban J connectivity index is 2.27. The molecule has 0 radical (unpaired) electrons. The van der Waals surface area contributed by atoms with Gasteiger partial charge in [0.05, 0.1) is 6.61 Å². The van der Waals surface area contributed by atoms with E-state index >= 15 is 0 Å². The first-order valence-corrected chi connectivity index (χ1v) is 8.67. The van der Waals surface area contributed by atoms with Crippen molar-refractivity contribution in [3.05, 3.63) is 81.0 Å². The lowest BCUT2D eigenvalue weighted by molar-refractivity contribution is 0.282. The molecule has 4 rings (SSSR count). The third-order valence-electron chi connectivity index (χ3n) is 5.26. The van der Waals surface area contributed by atoms with E-state index in [9.17, 15) is 9.90 Å². The summed E-state index contributed by atoms with van der Waals surface area (Å²) < 4.78 is 6.17. The van der Waals surface area contributed by atoms with E-state index in [4.69, 9.17) is 4.42 Å². The zero-order valence-corrected chi connectivity index (χ0v) is 15.1. The molecule has 0 bridgehead atoms. The van der Waals surface area contributed by atoms with Gasteiger partial charge in [-0.3, -0.25) is 4.79 Å². The summed E-state index contributed by atoms with van der Waals surface area (Å²) in [6.45, 7) is 6.17. The topological polar surface area (TPSA) is 50.4 Å². The molecule has 26 heavy (non-hydrogen) atoms. The van der Waals surface area contributed by atoms with Crippen molar-refractivity contribution in [2.45, 2.75) is 27.4 Å². The van der Waals surface area contributed by atoms with Gasteiger partial charge in [0.15, 0.2) is 5.43 Å². The standard InChI is InChI=1S/C23H20O3/c1-13-10-20-22(18-7-5-4-6-16(18)12-24)19-9-8-17(25)11-21(19)26-23(20)15(3)14(13)2/h4-11,24H,12H2,1-3H3. The molecular weight excluding hydrogens is 324 g/mol. The maximum absolute atomic E-state index is 11.9. The third-order valence-corrected chi connectivity index (χ3v) is 5.26. The molecule has 1 N–H and O–H groups in total. The molecule has 0 fully saturated rings. The maximum atomic E-state index is 11.9. The first-order valence-electron chi connectivity index (χ1n) is 8.67. The number of rotatable bonds is 2. The van der Waals surface area contributed by atoms with Gasteiger partial charge in [0, 0.05) is 22.6 Å².